The first-order valence-corrected chi connectivity index (χ1v) is 19.8. The van der Waals surface area contributed by atoms with Crippen molar-refractivity contribution >= 4 is 64.9 Å². The van der Waals surface area contributed by atoms with E-state index in [1.54, 1.807) is 11.3 Å². The molecule has 216 valence electrons. The molecule has 1 fully saturated rings. The zero-order valence-electron chi connectivity index (χ0n) is 23.4. The Morgan fingerprint density at radius 3 is 2.66 bits per heavy atom. The maximum absolute atomic E-state index is 13.0. The summed E-state index contributed by atoms with van der Waals surface area (Å²) in [5.41, 5.74) is 4.26. The molecular formula is C32H36IN3O4S. The molecule has 2 heterocycles. The molecule has 0 radical (unpaired) electrons. The molecule has 3 N–H and O–H groups in total. The minimum absolute atomic E-state index is 0.0115. The molecule has 0 saturated carbocycles. The van der Waals surface area contributed by atoms with Crippen LogP contribution in [0.5, 0.6) is 0 Å². The van der Waals surface area contributed by atoms with Crippen LogP contribution in [0.3, 0.4) is 0 Å². The number of rotatable bonds is 9. The standard InChI is InChI=1S/C32H36IN3O4S/c1-33(2)36-16-6-9-26(20-36)40-32(39)35-29-17-22(10-13-28(29)23-7-4-3-5-8-23)11-15-31(38)34-25-12-14-30-24(18-25)19-27(21-37)41-30/h3-5,7-8,10,12-14,17-19,26,37H,6,9,11,15-16,20-21H2,1-2H3,(H,34,38)(H,35,39). The van der Waals surface area contributed by atoms with Gasteiger partial charge >= 0.3 is 176 Å². The van der Waals surface area contributed by atoms with Gasteiger partial charge in [0.2, 0.25) is 0 Å². The number of carbonyl (C=O) groups is 2. The van der Waals surface area contributed by atoms with Gasteiger partial charge in [0.05, 0.1) is 6.61 Å². The van der Waals surface area contributed by atoms with Gasteiger partial charge in [-0.25, -0.2) is 0 Å². The van der Waals surface area contributed by atoms with E-state index < -0.39 is 26.2 Å². The maximum atomic E-state index is 13.0. The predicted molar refractivity (Wildman–Crippen MR) is 177 cm³/mol. The third kappa shape index (κ3) is 7.85. The summed E-state index contributed by atoms with van der Waals surface area (Å²) in [5.74, 6) is -0.0842. The topological polar surface area (TPSA) is 90.9 Å². The van der Waals surface area contributed by atoms with Crippen LogP contribution >= 0.6 is 31.4 Å². The first-order chi connectivity index (χ1) is 19.9. The van der Waals surface area contributed by atoms with E-state index >= 15 is 0 Å². The van der Waals surface area contributed by atoms with Crippen LogP contribution in [0.1, 0.15) is 29.7 Å². The first-order valence-electron chi connectivity index (χ1n) is 13.7. The molecule has 1 atom stereocenters. The number of aliphatic hydroxyl groups excluding tert-OH is 1. The monoisotopic (exact) mass is 685 g/mol. The van der Waals surface area contributed by atoms with Gasteiger partial charge in [-0.1, -0.05) is 0 Å². The molecule has 1 aliphatic rings. The molecule has 1 saturated heterocycles. The Bertz CT molecular complexity index is 1510. The summed E-state index contributed by atoms with van der Waals surface area (Å²) in [6, 6.07) is 23.6. The molecule has 41 heavy (non-hydrogen) atoms. The number of nitrogens with one attached hydrogen (secondary N) is 2. The Hall–Kier alpha value is -2.99. The number of aliphatic hydroxyl groups is 1. The normalized spacial score (nSPS) is 15.9. The van der Waals surface area contributed by atoms with Crippen molar-refractivity contribution in [1.82, 2.24) is 3.11 Å². The molecule has 0 aliphatic carbocycles. The van der Waals surface area contributed by atoms with Crippen LogP contribution in [-0.2, 0) is 22.6 Å². The fourth-order valence-electron chi connectivity index (χ4n) is 5.04. The molecular weight excluding hydrogens is 649 g/mol. The Balaban J connectivity index is 1.25. The molecule has 0 spiro atoms. The van der Waals surface area contributed by atoms with E-state index in [9.17, 15) is 14.7 Å². The number of anilines is 2. The minimum atomic E-state index is -1.10. The van der Waals surface area contributed by atoms with Gasteiger partial charge in [-0.3, -0.25) is 4.79 Å². The van der Waals surface area contributed by atoms with Crippen molar-refractivity contribution in [1.29, 1.82) is 0 Å². The van der Waals surface area contributed by atoms with E-state index in [1.807, 2.05) is 72.8 Å². The fraction of sp³-hybridized carbons (Fsp3) is 0.312. The molecule has 1 aromatic heterocycles. The number of carbonyl (C=O) groups excluding carboxylic acids is 2. The van der Waals surface area contributed by atoms with Gasteiger partial charge in [0, 0.05) is 15.3 Å². The fourth-order valence-corrected chi connectivity index (χ4v) is 8.48. The van der Waals surface area contributed by atoms with Crippen LogP contribution in [0.25, 0.3) is 21.2 Å². The van der Waals surface area contributed by atoms with Crippen LogP contribution in [0.4, 0.5) is 16.2 Å². The Labute approximate surface area is 252 Å². The second-order valence-corrected chi connectivity index (χ2v) is 16.9. The van der Waals surface area contributed by atoms with Gasteiger partial charge < -0.3 is 10.4 Å². The molecule has 5 rings (SSSR count). The SMILES string of the molecule is CI(C)N1CCCC(OC(=O)Nc2cc(CCC(=O)Nc3ccc4sc(CO)cc4c3)ccc2-c2ccccc2)C1. The summed E-state index contributed by atoms with van der Waals surface area (Å²) >= 11 is 0.442. The van der Waals surface area contributed by atoms with Crippen LogP contribution in [0.15, 0.2) is 72.8 Å². The van der Waals surface area contributed by atoms with E-state index in [0.717, 1.165) is 63.3 Å². The number of alkyl halides is 2. The number of ether oxygens (including phenoxy) is 1. The number of piperidine rings is 1. The van der Waals surface area contributed by atoms with E-state index in [2.05, 4.69) is 23.6 Å². The number of hydrogen-bond donors (Lipinski definition) is 3. The average Bonchev–Trinajstić information content (AvgIpc) is 3.39. The molecule has 0 bridgehead atoms. The van der Waals surface area contributed by atoms with Crippen molar-refractivity contribution in [3.63, 3.8) is 0 Å². The summed E-state index contributed by atoms with van der Waals surface area (Å²) in [7, 11) is 0. The van der Waals surface area contributed by atoms with Gasteiger partial charge in [-0.2, -0.15) is 0 Å². The van der Waals surface area contributed by atoms with Crippen molar-refractivity contribution in [3.8, 4) is 11.1 Å². The number of fused-ring (bicyclic) bond motifs is 1. The van der Waals surface area contributed by atoms with Crippen LogP contribution < -0.4 is 10.6 Å². The molecule has 9 heteroatoms. The van der Waals surface area contributed by atoms with Gasteiger partial charge in [0.1, 0.15) is 0 Å². The van der Waals surface area contributed by atoms with Gasteiger partial charge in [0.15, 0.2) is 0 Å². The Kier molecular flexibility index (Phi) is 9.92. The van der Waals surface area contributed by atoms with E-state index in [1.165, 1.54) is 0 Å². The predicted octanol–water partition coefficient (Wildman–Crippen LogP) is 7.33. The number of halogens is 1. The zero-order chi connectivity index (χ0) is 28.8. The van der Waals surface area contributed by atoms with Crippen molar-refractivity contribution in [3.05, 3.63) is 83.2 Å². The van der Waals surface area contributed by atoms with Gasteiger partial charge in [0.25, 0.3) is 0 Å². The molecule has 1 unspecified atom stereocenters. The first kappa shape index (κ1) is 29.5. The number of thiophene rings is 1. The third-order valence-corrected chi connectivity index (χ3v) is 11.8. The summed E-state index contributed by atoms with van der Waals surface area (Å²) in [4.78, 5) is 31.3. The number of nitrogens with zero attached hydrogens (tertiary/aromatic N) is 1. The van der Waals surface area contributed by atoms with Gasteiger partial charge in [-0.15, -0.1) is 11.3 Å². The van der Waals surface area contributed by atoms with Crippen molar-refractivity contribution in [2.24, 2.45) is 0 Å². The average molecular weight is 686 g/mol. The number of hydrogen-bond acceptors (Lipinski definition) is 6. The van der Waals surface area contributed by atoms with Crippen molar-refractivity contribution in [2.45, 2.75) is 38.4 Å². The van der Waals surface area contributed by atoms with E-state index in [-0.39, 0.29) is 18.6 Å². The quantitative estimate of drug-likeness (QED) is 0.0976. The van der Waals surface area contributed by atoms with Gasteiger partial charge in [-0.05, 0) is 29.7 Å². The Morgan fingerprint density at radius 1 is 1.05 bits per heavy atom. The number of benzene rings is 3. The molecule has 2 amide bonds. The summed E-state index contributed by atoms with van der Waals surface area (Å²) in [6.07, 6.45) is 2.22. The van der Waals surface area contributed by atoms with Crippen LogP contribution in [0.2, 0.25) is 0 Å². The summed E-state index contributed by atoms with van der Waals surface area (Å²) in [6.45, 7) is 1.92. The molecule has 1 aliphatic heterocycles. The van der Waals surface area contributed by atoms with Crippen molar-refractivity contribution in [2.75, 3.05) is 33.6 Å². The molecule has 3 aromatic carbocycles. The van der Waals surface area contributed by atoms with E-state index in [0.29, 0.717) is 18.5 Å². The second kappa shape index (κ2) is 13.8. The number of aryl methyl sites for hydroxylation is 1. The van der Waals surface area contributed by atoms with Crippen molar-refractivity contribution < 1.29 is 19.4 Å². The number of amides is 2. The Morgan fingerprint density at radius 2 is 1.88 bits per heavy atom. The summed E-state index contributed by atoms with van der Waals surface area (Å²) < 4.78 is 9.44. The van der Waals surface area contributed by atoms with Crippen LogP contribution in [-0.4, -0.2) is 49.3 Å². The zero-order valence-corrected chi connectivity index (χ0v) is 26.3. The van der Waals surface area contributed by atoms with Crippen LogP contribution in [0, 0.1) is 0 Å². The van der Waals surface area contributed by atoms with E-state index in [4.69, 9.17) is 4.74 Å². The molecule has 7 nitrogen and oxygen atoms in total. The second-order valence-electron chi connectivity index (χ2n) is 10.3. The summed E-state index contributed by atoms with van der Waals surface area (Å²) in [5, 5.41) is 16.4. The third-order valence-electron chi connectivity index (χ3n) is 7.13. The molecule has 4 aromatic rings.